The van der Waals surface area contributed by atoms with Gasteiger partial charge >= 0.3 is 0 Å². The number of ether oxygens (including phenoxy) is 1. The Morgan fingerprint density at radius 1 is 1.00 bits per heavy atom. The summed E-state index contributed by atoms with van der Waals surface area (Å²) in [5.74, 6) is 0.877. The first kappa shape index (κ1) is 22.1. The Kier molecular flexibility index (Phi) is 7.13. The second-order valence-corrected chi connectivity index (χ2v) is 11.0. The fourth-order valence-corrected chi connectivity index (χ4v) is 7.20. The molecule has 168 valence electrons. The molecule has 31 heavy (non-hydrogen) atoms. The van der Waals surface area contributed by atoms with Crippen LogP contribution in [-0.4, -0.2) is 63.4 Å². The molecule has 1 aromatic carbocycles. The maximum absolute atomic E-state index is 13.6. The van der Waals surface area contributed by atoms with Crippen molar-refractivity contribution in [1.82, 2.24) is 9.88 Å². The molecule has 2 aliphatic rings. The normalized spacial score (nSPS) is 19.8. The number of methoxy groups -OCH3 is 1. The van der Waals surface area contributed by atoms with Crippen LogP contribution >= 0.6 is 0 Å². The number of nitrogens with zero attached hydrogens (tertiary/aromatic N) is 3. The van der Waals surface area contributed by atoms with Crippen LogP contribution in [-0.2, 0) is 9.84 Å². The van der Waals surface area contributed by atoms with Crippen LogP contribution in [0.5, 0.6) is 5.75 Å². The van der Waals surface area contributed by atoms with Crippen molar-refractivity contribution in [2.24, 2.45) is 0 Å². The van der Waals surface area contributed by atoms with E-state index in [4.69, 9.17) is 4.74 Å². The van der Waals surface area contributed by atoms with E-state index in [2.05, 4.69) is 20.9 Å². The smallest absolute Gasteiger partial charge is 0.162 e. The van der Waals surface area contributed by atoms with Crippen LogP contribution in [0.3, 0.4) is 0 Å². The Morgan fingerprint density at radius 3 is 2.39 bits per heavy atom. The molecular formula is C24H33N3O3S. The van der Waals surface area contributed by atoms with Gasteiger partial charge in [-0.25, -0.2) is 8.42 Å². The average Bonchev–Trinajstić information content (AvgIpc) is 2.84. The van der Waals surface area contributed by atoms with Gasteiger partial charge in [0.2, 0.25) is 0 Å². The molecule has 6 nitrogen and oxygen atoms in total. The zero-order valence-electron chi connectivity index (χ0n) is 18.3. The molecule has 2 fully saturated rings. The number of aromatic nitrogens is 1. The van der Waals surface area contributed by atoms with Gasteiger partial charge in [-0.3, -0.25) is 9.88 Å². The first-order valence-corrected chi connectivity index (χ1v) is 12.9. The Balaban J connectivity index is 1.48. The van der Waals surface area contributed by atoms with Gasteiger partial charge in [0.25, 0.3) is 0 Å². The zero-order valence-corrected chi connectivity index (χ0v) is 19.1. The maximum Gasteiger partial charge on any atom is 0.162 e. The molecular weight excluding hydrogens is 410 g/mol. The molecule has 2 aromatic rings. The molecule has 7 heteroatoms. The minimum absolute atomic E-state index is 0.233. The van der Waals surface area contributed by atoms with Crippen LogP contribution in [0.2, 0.25) is 0 Å². The van der Waals surface area contributed by atoms with Gasteiger partial charge < -0.3 is 9.64 Å². The highest BCUT2D eigenvalue weighted by Crippen LogP contribution is 2.34. The first-order valence-electron chi connectivity index (χ1n) is 11.3. The lowest BCUT2D eigenvalue weighted by Gasteiger charge is -2.38. The van der Waals surface area contributed by atoms with E-state index in [1.807, 2.05) is 36.4 Å². The van der Waals surface area contributed by atoms with Crippen molar-refractivity contribution in [3.05, 3.63) is 54.4 Å². The lowest BCUT2D eigenvalue weighted by atomic mass is 10.0. The SMILES string of the molecule is COc1ccccc1N1CCN(CC(c2ccccn2)S(=O)(=O)C2CCCCC2)CC1. The molecule has 0 amide bonds. The van der Waals surface area contributed by atoms with Crippen LogP contribution in [0.15, 0.2) is 48.7 Å². The summed E-state index contributed by atoms with van der Waals surface area (Å²) >= 11 is 0. The molecule has 1 aromatic heterocycles. The summed E-state index contributed by atoms with van der Waals surface area (Å²) in [7, 11) is -1.59. The largest absolute Gasteiger partial charge is 0.495 e. The quantitative estimate of drug-likeness (QED) is 0.650. The molecule has 0 spiro atoms. The summed E-state index contributed by atoms with van der Waals surface area (Å²) in [5.41, 5.74) is 1.78. The number of piperazine rings is 1. The molecule has 0 bridgehead atoms. The minimum atomic E-state index is -3.29. The number of hydrogen-bond donors (Lipinski definition) is 0. The Bertz CT molecular complexity index is 938. The van der Waals surface area contributed by atoms with Crippen molar-refractivity contribution < 1.29 is 13.2 Å². The first-order chi connectivity index (χ1) is 15.1. The molecule has 1 saturated heterocycles. The molecule has 1 aliphatic heterocycles. The summed E-state index contributed by atoms with van der Waals surface area (Å²) in [6.45, 7) is 3.84. The third-order valence-corrected chi connectivity index (χ3v) is 9.24. The van der Waals surface area contributed by atoms with Crippen LogP contribution in [0, 0.1) is 0 Å². The average molecular weight is 444 g/mol. The fourth-order valence-electron chi connectivity index (χ4n) is 4.85. The topological polar surface area (TPSA) is 62.7 Å². The van der Waals surface area contributed by atoms with Gasteiger partial charge in [0.1, 0.15) is 11.0 Å². The van der Waals surface area contributed by atoms with Crippen LogP contribution < -0.4 is 9.64 Å². The van der Waals surface area contributed by atoms with E-state index in [9.17, 15) is 8.42 Å². The van der Waals surface area contributed by atoms with Crippen LogP contribution in [0.25, 0.3) is 0 Å². The van der Waals surface area contributed by atoms with Crippen molar-refractivity contribution in [3.8, 4) is 5.75 Å². The van der Waals surface area contributed by atoms with Gasteiger partial charge in [-0.2, -0.15) is 0 Å². The van der Waals surface area contributed by atoms with Crippen molar-refractivity contribution in [2.75, 3.05) is 44.7 Å². The number of hydrogen-bond acceptors (Lipinski definition) is 6. The van der Waals surface area contributed by atoms with Crippen molar-refractivity contribution in [1.29, 1.82) is 0 Å². The van der Waals surface area contributed by atoms with Gasteiger partial charge in [0.15, 0.2) is 9.84 Å². The summed E-state index contributed by atoms with van der Waals surface area (Å²) in [5, 5.41) is -0.794. The zero-order chi connectivity index (χ0) is 21.7. The maximum atomic E-state index is 13.6. The van der Waals surface area contributed by atoms with Crippen LogP contribution in [0.4, 0.5) is 5.69 Å². The molecule has 2 heterocycles. The summed E-state index contributed by atoms with van der Waals surface area (Å²) in [6, 6.07) is 13.7. The summed E-state index contributed by atoms with van der Waals surface area (Å²) < 4.78 is 32.8. The lowest BCUT2D eigenvalue weighted by Crippen LogP contribution is -2.49. The summed E-state index contributed by atoms with van der Waals surface area (Å²) in [4.78, 5) is 9.06. The van der Waals surface area contributed by atoms with Crippen molar-refractivity contribution >= 4 is 15.5 Å². The molecule has 0 radical (unpaired) electrons. The molecule has 1 saturated carbocycles. The van der Waals surface area contributed by atoms with Crippen molar-refractivity contribution in [2.45, 2.75) is 42.6 Å². The number of sulfone groups is 1. The number of benzene rings is 1. The molecule has 1 unspecified atom stereocenters. The summed E-state index contributed by atoms with van der Waals surface area (Å²) in [6.07, 6.45) is 6.44. The lowest BCUT2D eigenvalue weighted by molar-refractivity contribution is 0.254. The van der Waals surface area contributed by atoms with Gasteiger partial charge in [-0.05, 0) is 37.1 Å². The number of anilines is 1. The second-order valence-electron chi connectivity index (χ2n) is 8.55. The fraction of sp³-hybridized carbons (Fsp3) is 0.542. The van der Waals surface area contributed by atoms with E-state index in [-0.39, 0.29) is 5.25 Å². The Labute approximate surface area is 186 Å². The number of para-hydroxylation sites is 2. The molecule has 0 N–H and O–H groups in total. The monoisotopic (exact) mass is 443 g/mol. The van der Waals surface area contributed by atoms with Gasteiger partial charge in [0.05, 0.1) is 23.7 Å². The van der Waals surface area contributed by atoms with E-state index in [1.54, 1.807) is 13.3 Å². The highest BCUT2D eigenvalue weighted by Gasteiger charge is 2.38. The predicted octanol–water partition coefficient (Wildman–Crippen LogP) is 3.70. The third kappa shape index (κ3) is 5.04. The van der Waals surface area contributed by atoms with E-state index >= 15 is 0 Å². The van der Waals surface area contributed by atoms with Crippen LogP contribution in [0.1, 0.15) is 43.0 Å². The van der Waals surface area contributed by atoms with E-state index < -0.39 is 15.1 Å². The predicted molar refractivity (Wildman–Crippen MR) is 124 cm³/mol. The Morgan fingerprint density at radius 2 is 1.71 bits per heavy atom. The molecule has 1 atom stereocenters. The number of pyridine rings is 1. The highest BCUT2D eigenvalue weighted by atomic mass is 32.2. The van der Waals surface area contributed by atoms with Gasteiger partial charge in [-0.15, -0.1) is 0 Å². The third-order valence-electron chi connectivity index (χ3n) is 6.65. The van der Waals surface area contributed by atoms with Gasteiger partial charge in [-0.1, -0.05) is 37.5 Å². The van der Waals surface area contributed by atoms with Crippen molar-refractivity contribution in [3.63, 3.8) is 0 Å². The highest BCUT2D eigenvalue weighted by molar-refractivity contribution is 7.92. The van der Waals surface area contributed by atoms with E-state index in [0.29, 0.717) is 12.2 Å². The second kappa shape index (κ2) is 10.0. The Hall–Kier alpha value is -2.12. The number of rotatable bonds is 7. The molecule has 4 rings (SSSR count). The minimum Gasteiger partial charge on any atom is -0.495 e. The van der Waals surface area contributed by atoms with E-state index in [0.717, 1.165) is 69.7 Å². The van der Waals surface area contributed by atoms with Gasteiger partial charge in [0, 0.05) is 38.9 Å². The molecule has 1 aliphatic carbocycles. The van der Waals surface area contributed by atoms with E-state index in [1.165, 1.54) is 0 Å². The standard InChI is InChI=1S/C24H33N3O3S/c1-30-23-13-6-5-12-22(23)27-17-15-26(16-18-27)19-24(21-11-7-8-14-25-21)31(28,29)20-9-3-2-4-10-20/h5-8,11-14,20,24H,2-4,9-10,15-19H2,1H3.